The van der Waals surface area contributed by atoms with E-state index >= 15 is 0 Å². The van der Waals surface area contributed by atoms with Gasteiger partial charge in [0.2, 0.25) is 11.9 Å². The van der Waals surface area contributed by atoms with Crippen molar-refractivity contribution in [2.45, 2.75) is 32.2 Å². The molecule has 3 aromatic rings. The van der Waals surface area contributed by atoms with Crippen LogP contribution in [-0.2, 0) is 16.0 Å². The number of aryl methyl sites for hydroxylation is 1. The molecule has 2 heterocycles. The monoisotopic (exact) mass is 515 g/mol. The molecule has 1 atom stereocenters. The van der Waals surface area contributed by atoms with E-state index in [1.807, 2.05) is 36.1 Å². The van der Waals surface area contributed by atoms with Gasteiger partial charge in [0.25, 0.3) is 0 Å². The van der Waals surface area contributed by atoms with Crippen LogP contribution in [0.2, 0.25) is 5.02 Å². The van der Waals surface area contributed by atoms with E-state index in [0.29, 0.717) is 35.7 Å². The van der Waals surface area contributed by atoms with E-state index in [4.69, 9.17) is 17.3 Å². The number of aromatic nitrogens is 2. The molecule has 0 unspecified atom stereocenters. The number of amides is 1. The molecule has 1 fully saturated rings. The van der Waals surface area contributed by atoms with Crippen molar-refractivity contribution in [2.75, 3.05) is 22.1 Å². The number of carbonyl (C=O) groups excluding carboxylic acids is 2. The van der Waals surface area contributed by atoms with Gasteiger partial charge in [0.05, 0.1) is 17.4 Å². The number of anilines is 5. The maximum Gasteiger partial charge on any atom is 0.240 e. The zero-order valence-corrected chi connectivity index (χ0v) is 21.0. The molecule has 1 aliphatic rings. The molecule has 0 saturated carbocycles. The molecule has 1 aromatic heterocycles. The highest BCUT2D eigenvalue weighted by atomic mass is 35.5. The van der Waals surface area contributed by atoms with Crippen LogP contribution >= 0.6 is 11.6 Å². The second-order valence-electron chi connectivity index (χ2n) is 8.74. The zero-order chi connectivity index (χ0) is 26.5. The maximum atomic E-state index is 12.0. The molecular weight excluding hydrogens is 490 g/mol. The van der Waals surface area contributed by atoms with Crippen LogP contribution in [0, 0.1) is 18.3 Å². The topological polar surface area (TPSA) is 137 Å². The fourth-order valence-electron chi connectivity index (χ4n) is 4.30. The minimum atomic E-state index is -0.382. The van der Waals surface area contributed by atoms with Gasteiger partial charge in [-0.1, -0.05) is 35.9 Å². The molecule has 37 heavy (non-hydrogen) atoms. The lowest BCUT2D eigenvalue weighted by Gasteiger charge is -2.25. The normalized spacial score (nSPS) is 14.6. The number of rotatable bonds is 9. The fraction of sp³-hybridized carbons (Fsp3) is 0.222. The number of nitrogens with two attached hydrogens (primary N) is 1. The van der Waals surface area contributed by atoms with E-state index in [9.17, 15) is 14.9 Å². The van der Waals surface area contributed by atoms with Crippen LogP contribution in [0.1, 0.15) is 29.5 Å². The Labute approximate surface area is 220 Å². The van der Waals surface area contributed by atoms with Crippen LogP contribution in [0.25, 0.3) is 0 Å². The summed E-state index contributed by atoms with van der Waals surface area (Å²) in [6.07, 6.45) is 4.48. The van der Waals surface area contributed by atoms with E-state index in [1.54, 1.807) is 12.1 Å². The van der Waals surface area contributed by atoms with Gasteiger partial charge in [0.15, 0.2) is 11.6 Å². The summed E-state index contributed by atoms with van der Waals surface area (Å²) in [6.45, 7) is 6.19. The Balaban J connectivity index is 1.59. The van der Waals surface area contributed by atoms with Gasteiger partial charge in [-0.05, 0) is 55.7 Å². The molecule has 10 heteroatoms. The number of primary amides is 1. The van der Waals surface area contributed by atoms with Crippen LogP contribution in [0.4, 0.5) is 28.8 Å². The van der Waals surface area contributed by atoms with Crippen molar-refractivity contribution >= 4 is 52.1 Å². The highest BCUT2D eigenvalue weighted by Crippen LogP contribution is 2.31. The summed E-state index contributed by atoms with van der Waals surface area (Å²) in [5.74, 6) is 0.0849. The SMILES string of the molecule is C=CC(=O)Cc1cc(C)ccc1Nc1nc(Nc2ccc(N3CCC[C@@H]3C(N)=O)cc2C#N)ncc1Cl. The van der Waals surface area contributed by atoms with E-state index in [1.165, 1.54) is 12.3 Å². The first kappa shape index (κ1) is 25.7. The number of benzene rings is 2. The van der Waals surface area contributed by atoms with E-state index < -0.39 is 0 Å². The van der Waals surface area contributed by atoms with E-state index in [-0.39, 0.29) is 35.1 Å². The second-order valence-corrected chi connectivity index (χ2v) is 9.15. The first-order valence-corrected chi connectivity index (χ1v) is 12.1. The molecule has 0 radical (unpaired) electrons. The average molecular weight is 516 g/mol. The van der Waals surface area contributed by atoms with Crippen molar-refractivity contribution in [3.05, 3.63) is 77.0 Å². The number of hydrogen-bond acceptors (Lipinski definition) is 8. The van der Waals surface area contributed by atoms with Gasteiger partial charge < -0.3 is 21.3 Å². The number of ketones is 1. The summed E-state index contributed by atoms with van der Waals surface area (Å²) in [7, 11) is 0. The summed E-state index contributed by atoms with van der Waals surface area (Å²) >= 11 is 6.36. The molecule has 4 N–H and O–H groups in total. The molecule has 2 aromatic carbocycles. The third-order valence-corrected chi connectivity index (χ3v) is 6.41. The molecular formula is C27H26ClN7O2. The third kappa shape index (κ3) is 5.88. The van der Waals surface area contributed by atoms with Crippen molar-refractivity contribution in [2.24, 2.45) is 5.73 Å². The first-order chi connectivity index (χ1) is 17.8. The summed E-state index contributed by atoms with van der Waals surface area (Å²) in [5.41, 5.74) is 9.65. The van der Waals surface area contributed by atoms with Gasteiger partial charge in [-0.2, -0.15) is 10.2 Å². The first-order valence-electron chi connectivity index (χ1n) is 11.7. The van der Waals surface area contributed by atoms with Crippen molar-refractivity contribution in [3.63, 3.8) is 0 Å². The summed E-state index contributed by atoms with van der Waals surface area (Å²) in [6, 6.07) is 12.8. The lowest BCUT2D eigenvalue weighted by molar-refractivity contribution is -0.119. The molecule has 1 aliphatic heterocycles. The molecule has 1 saturated heterocycles. The van der Waals surface area contributed by atoms with Crippen LogP contribution in [0.5, 0.6) is 0 Å². The van der Waals surface area contributed by atoms with Gasteiger partial charge in [-0.25, -0.2) is 4.98 Å². The van der Waals surface area contributed by atoms with E-state index in [0.717, 1.165) is 23.2 Å². The maximum absolute atomic E-state index is 12.0. The Morgan fingerprint density at radius 1 is 1.27 bits per heavy atom. The molecule has 188 valence electrons. The van der Waals surface area contributed by atoms with Gasteiger partial charge in [0.1, 0.15) is 17.1 Å². The number of nitriles is 1. The number of hydrogen-bond donors (Lipinski definition) is 3. The predicted octanol–water partition coefficient (Wildman–Crippen LogP) is 4.55. The van der Waals surface area contributed by atoms with Crippen LogP contribution < -0.4 is 21.3 Å². The Morgan fingerprint density at radius 2 is 2.05 bits per heavy atom. The van der Waals surface area contributed by atoms with Crippen LogP contribution in [-0.4, -0.2) is 34.2 Å². The second kappa shape index (κ2) is 11.1. The molecule has 1 amide bonds. The number of nitrogens with one attached hydrogen (secondary N) is 2. The minimum absolute atomic E-state index is 0.103. The van der Waals surface area contributed by atoms with Gasteiger partial charge in [0, 0.05) is 24.3 Å². The number of halogens is 1. The number of allylic oxidation sites excluding steroid dienone is 1. The van der Waals surface area contributed by atoms with Gasteiger partial charge >= 0.3 is 0 Å². The Kier molecular flexibility index (Phi) is 7.70. The third-order valence-electron chi connectivity index (χ3n) is 6.13. The van der Waals surface area contributed by atoms with Gasteiger partial charge in [-0.3, -0.25) is 9.59 Å². The van der Waals surface area contributed by atoms with Crippen molar-refractivity contribution in [1.29, 1.82) is 5.26 Å². The summed E-state index contributed by atoms with van der Waals surface area (Å²) in [5, 5.41) is 16.3. The summed E-state index contributed by atoms with van der Waals surface area (Å²) < 4.78 is 0. The Morgan fingerprint density at radius 3 is 2.78 bits per heavy atom. The van der Waals surface area contributed by atoms with E-state index in [2.05, 4.69) is 33.2 Å². The Bertz CT molecular complexity index is 1420. The molecule has 9 nitrogen and oxygen atoms in total. The highest BCUT2D eigenvalue weighted by molar-refractivity contribution is 6.33. The average Bonchev–Trinajstić information content (AvgIpc) is 3.38. The zero-order valence-electron chi connectivity index (χ0n) is 20.3. The standard InChI is InChI=1S/C27H26ClN7O2/c1-3-20(36)13-17-11-16(2)6-8-22(17)32-26-21(28)15-31-27(34-26)33-23-9-7-19(12-18(23)14-29)35-10-4-5-24(35)25(30)37/h3,6-9,11-12,15,24H,1,4-5,10,13H2,2H3,(H2,30,37)(H2,31,32,33,34)/t24-/m1/s1. The van der Waals surface area contributed by atoms with Crippen molar-refractivity contribution in [3.8, 4) is 6.07 Å². The van der Waals surface area contributed by atoms with Crippen LogP contribution in [0.15, 0.2) is 55.3 Å². The lowest BCUT2D eigenvalue weighted by atomic mass is 10.0. The predicted molar refractivity (Wildman–Crippen MR) is 144 cm³/mol. The van der Waals surface area contributed by atoms with Crippen molar-refractivity contribution < 1.29 is 9.59 Å². The number of carbonyl (C=O) groups is 2. The molecule has 0 spiro atoms. The minimum Gasteiger partial charge on any atom is -0.368 e. The fourth-order valence-corrected chi connectivity index (χ4v) is 4.44. The van der Waals surface area contributed by atoms with Crippen molar-refractivity contribution in [1.82, 2.24) is 9.97 Å². The highest BCUT2D eigenvalue weighted by Gasteiger charge is 2.29. The largest absolute Gasteiger partial charge is 0.368 e. The Hall–Kier alpha value is -4.42. The summed E-state index contributed by atoms with van der Waals surface area (Å²) in [4.78, 5) is 34.4. The molecule has 0 bridgehead atoms. The van der Waals surface area contributed by atoms with Crippen LogP contribution in [0.3, 0.4) is 0 Å². The number of nitrogens with zero attached hydrogens (tertiary/aromatic N) is 4. The quantitative estimate of drug-likeness (QED) is 0.353. The lowest BCUT2D eigenvalue weighted by Crippen LogP contribution is -2.40. The molecule has 4 rings (SSSR count). The van der Waals surface area contributed by atoms with Gasteiger partial charge in [-0.15, -0.1) is 0 Å². The molecule has 0 aliphatic carbocycles. The smallest absolute Gasteiger partial charge is 0.240 e.